The normalized spacial score (nSPS) is 18.8. The van der Waals surface area contributed by atoms with E-state index < -0.39 is 0 Å². The van der Waals surface area contributed by atoms with Crippen molar-refractivity contribution < 1.29 is 9.84 Å². The van der Waals surface area contributed by atoms with Crippen LogP contribution in [0.5, 0.6) is 5.75 Å². The second kappa shape index (κ2) is 5.52. The van der Waals surface area contributed by atoms with Gasteiger partial charge in [0, 0.05) is 6.04 Å². The molecule has 94 valence electrons. The molecule has 0 spiro atoms. The molecule has 0 amide bonds. The lowest BCUT2D eigenvalue weighted by Gasteiger charge is -2.22. The summed E-state index contributed by atoms with van der Waals surface area (Å²) in [6, 6.07) is 8.35. The first-order chi connectivity index (χ1) is 8.24. The van der Waals surface area contributed by atoms with Crippen molar-refractivity contribution in [3.8, 4) is 5.75 Å². The Bertz CT molecular complexity index is 363. The molecular weight excluding hydrogens is 214 g/mol. The minimum Gasteiger partial charge on any atom is -0.497 e. The monoisotopic (exact) mass is 235 g/mol. The van der Waals surface area contributed by atoms with E-state index in [1.165, 1.54) is 12.8 Å². The third-order valence-corrected chi connectivity index (χ3v) is 3.47. The van der Waals surface area contributed by atoms with E-state index in [1.807, 2.05) is 24.3 Å². The van der Waals surface area contributed by atoms with Crippen LogP contribution in [0.3, 0.4) is 0 Å². The minimum absolute atomic E-state index is 0.000648. The number of aliphatic hydroxyl groups excluding tert-OH is 1. The van der Waals surface area contributed by atoms with E-state index >= 15 is 0 Å². The zero-order valence-electron chi connectivity index (χ0n) is 10.5. The van der Waals surface area contributed by atoms with Gasteiger partial charge in [-0.2, -0.15) is 0 Å². The summed E-state index contributed by atoms with van der Waals surface area (Å²) in [4.78, 5) is 0. The summed E-state index contributed by atoms with van der Waals surface area (Å²) >= 11 is 0. The van der Waals surface area contributed by atoms with Gasteiger partial charge in [0.05, 0.1) is 19.8 Å². The topological polar surface area (TPSA) is 41.5 Å². The van der Waals surface area contributed by atoms with Gasteiger partial charge in [0.25, 0.3) is 0 Å². The molecule has 1 aromatic carbocycles. The molecule has 2 N–H and O–H groups in total. The van der Waals surface area contributed by atoms with E-state index in [0.717, 1.165) is 17.2 Å². The molecule has 2 atom stereocenters. The highest BCUT2D eigenvalue weighted by Gasteiger charge is 2.29. The highest BCUT2D eigenvalue weighted by Crippen LogP contribution is 2.33. The molecule has 0 aliphatic heterocycles. The van der Waals surface area contributed by atoms with E-state index in [0.29, 0.717) is 6.04 Å². The van der Waals surface area contributed by atoms with Crippen LogP contribution in [0.15, 0.2) is 24.3 Å². The highest BCUT2D eigenvalue weighted by molar-refractivity contribution is 5.30. The predicted molar refractivity (Wildman–Crippen MR) is 68.1 cm³/mol. The third-order valence-electron chi connectivity index (χ3n) is 3.47. The van der Waals surface area contributed by atoms with Crippen LogP contribution in [0.1, 0.15) is 31.4 Å². The Morgan fingerprint density at radius 3 is 2.82 bits per heavy atom. The number of benzene rings is 1. The minimum atomic E-state index is 0.000648. The Morgan fingerprint density at radius 2 is 2.24 bits per heavy atom. The average molecular weight is 235 g/mol. The van der Waals surface area contributed by atoms with Crippen LogP contribution in [0.4, 0.5) is 0 Å². The summed E-state index contributed by atoms with van der Waals surface area (Å²) in [6.07, 6.45) is 2.62. The van der Waals surface area contributed by atoms with Gasteiger partial charge in [0.2, 0.25) is 0 Å². The quantitative estimate of drug-likeness (QED) is 0.793. The van der Waals surface area contributed by atoms with E-state index in [4.69, 9.17) is 4.74 Å². The summed E-state index contributed by atoms with van der Waals surface area (Å²) < 4.78 is 5.20. The fourth-order valence-corrected chi connectivity index (χ4v) is 2.16. The molecule has 0 saturated heterocycles. The van der Waals surface area contributed by atoms with Crippen molar-refractivity contribution in [3.63, 3.8) is 0 Å². The van der Waals surface area contributed by atoms with Gasteiger partial charge >= 0.3 is 0 Å². The van der Waals surface area contributed by atoms with Crippen molar-refractivity contribution in [2.24, 2.45) is 5.92 Å². The number of aliphatic hydroxyl groups is 1. The lowest BCUT2D eigenvalue weighted by atomic mass is 10.1. The van der Waals surface area contributed by atoms with Crippen molar-refractivity contribution in [2.45, 2.75) is 31.8 Å². The first-order valence-electron chi connectivity index (χ1n) is 6.25. The Kier molecular flexibility index (Phi) is 4.02. The number of ether oxygens (including phenoxy) is 1. The molecule has 2 unspecified atom stereocenters. The molecule has 0 heterocycles. The van der Waals surface area contributed by atoms with Crippen molar-refractivity contribution in [1.29, 1.82) is 0 Å². The molecule has 1 aliphatic rings. The second-order valence-electron chi connectivity index (χ2n) is 4.80. The summed E-state index contributed by atoms with van der Waals surface area (Å²) in [5.74, 6) is 1.62. The van der Waals surface area contributed by atoms with Crippen LogP contribution in [-0.2, 0) is 0 Å². The summed E-state index contributed by atoms with van der Waals surface area (Å²) in [7, 11) is 1.66. The Hall–Kier alpha value is -1.06. The molecule has 1 aromatic rings. The average Bonchev–Trinajstić information content (AvgIpc) is 3.20. The number of hydrogen-bond donors (Lipinski definition) is 2. The maximum atomic E-state index is 9.49. The van der Waals surface area contributed by atoms with Crippen LogP contribution in [0, 0.1) is 5.92 Å². The largest absolute Gasteiger partial charge is 0.497 e. The number of nitrogens with one attached hydrogen (secondary N) is 1. The van der Waals surface area contributed by atoms with Crippen molar-refractivity contribution in [3.05, 3.63) is 29.8 Å². The second-order valence-corrected chi connectivity index (χ2v) is 4.80. The maximum absolute atomic E-state index is 9.49. The smallest absolute Gasteiger partial charge is 0.119 e. The van der Waals surface area contributed by atoms with Crippen LogP contribution >= 0.6 is 0 Å². The van der Waals surface area contributed by atoms with Gasteiger partial charge < -0.3 is 15.2 Å². The van der Waals surface area contributed by atoms with Gasteiger partial charge in [-0.15, -0.1) is 0 Å². The summed E-state index contributed by atoms with van der Waals surface area (Å²) in [5.41, 5.74) is 1.08. The molecule has 1 fully saturated rings. The van der Waals surface area contributed by atoms with Crippen LogP contribution in [0.25, 0.3) is 0 Å². The fourth-order valence-electron chi connectivity index (χ4n) is 2.16. The van der Waals surface area contributed by atoms with Gasteiger partial charge in [0.15, 0.2) is 0 Å². The maximum Gasteiger partial charge on any atom is 0.119 e. The molecule has 17 heavy (non-hydrogen) atoms. The van der Waals surface area contributed by atoms with Crippen LogP contribution < -0.4 is 10.1 Å². The van der Waals surface area contributed by atoms with E-state index in [-0.39, 0.29) is 12.6 Å². The molecule has 3 nitrogen and oxygen atoms in total. The summed E-state index contributed by atoms with van der Waals surface area (Å²) in [5, 5.41) is 13.0. The molecule has 0 radical (unpaired) electrons. The fraction of sp³-hybridized carbons (Fsp3) is 0.571. The first-order valence-corrected chi connectivity index (χ1v) is 6.25. The molecule has 3 heteroatoms. The SMILES string of the molecule is COc1cccc(C(CO)NC(C)C2CC2)c1. The van der Waals surface area contributed by atoms with Gasteiger partial charge in [-0.25, -0.2) is 0 Å². The highest BCUT2D eigenvalue weighted by atomic mass is 16.5. The lowest BCUT2D eigenvalue weighted by molar-refractivity contribution is 0.231. The predicted octanol–water partition coefficient (Wildman–Crippen LogP) is 2.12. The van der Waals surface area contributed by atoms with Gasteiger partial charge in [0.1, 0.15) is 5.75 Å². The molecular formula is C14H21NO2. The molecule has 0 aromatic heterocycles. The van der Waals surface area contributed by atoms with Gasteiger partial charge in [-0.3, -0.25) is 0 Å². The van der Waals surface area contributed by atoms with Crippen molar-refractivity contribution >= 4 is 0 Å². The lowest BCUT2D eigenvalue weighted by Crippen LogP contribution is -2.34. The Labute approximate surface area is 103 Å². The van der Waals surface area contributed by atoms with Gasteiger partial charge in [-0.1, -0.05) is 12.1 Å². The number of hydrogen-bond acceptors (Lipinski definition) is 3. The van der Waals surface area contributed by atoms with E-state index in [9.17, 15) is 5.11 Å². The number of rotatable bonds is 6. The third kappa shape index (κ3) is 3.20. The van der Waals surface area contributed by atoms with Crippen LogP contribution in [-0.4, -0.2) is 24.9 Å². The van der Waals surface area contributed by atoms with Gasteiger partial charge in [-0.05, 0) is 43.4 Å². The standard InChI is InChI=1S/C14H21NO2/c1-10(11-6-7-11)15-14(9-16)12-4-3-5-13(8-12)17-2/h3-5,8,10-11,14-16H,6-7,9H2,1-2H3. The van der Waals surface area contributed by atoms with Crippen molar-refractivity contribution in [1.82, 2.24) is 5.32 Å². The molecule has 0 bridgehead atoms. The first kappa shape index (κ1) is 12.4. The zero-order chi connectivity index (χ0) is 12.3. The molecule has 2 rings (SSSR count). The Balaban J connectivity index is 2.04. The van der Waals surface area contributed by atoms with E-state index in [2.05, 4.69) is 12.2 Å². The van der Waals surface area contributed by atoms with E-state index in [1.54, 1.807) is 7.11 Å². The molecule has 1 aliphatic carbocycles. The van der Waals surface area contributed by atoms with Crippen LogP contribution in [0.2, 0.25) is 0 Å². The number of methoxy groups -OCH3 is 1. The van der Waals surface area contributed by atoms with Crippen molar-refractivity contribution in [2.75, 3.05) is 13.7 Å². The zero-order valence-corrected chi connectivity index (χ0v) is 10.5. The summed E-state index contributed by atoms with van der Waals surface area (Å²) in [6.45, 7) is 2.31. The Morgan fingerprint density at radius 1 is 1.47 bits per heavy atom. The molecule has 1 saturated carbocycles.